The first kappa shape index (κ1) is 23.3. The van der Waals surface area contributed by atoms with Crippen LogP contribution in [0.2, 0.25) is 0 Å². The van der Waals surface area contributed by atoms with E-state index in [9.17, 15) is 19.2 Å². The van der Waals surface area contributed by atoms with E-state index in [1.807, 2.05) is 30.3 Å². The van der Waals surface area contributed by atoms with Crippen LogP contribution >= 0.6 is 0 Å². The molecule has 2 rings (SSSR count). The molecule has 9 heteroatoms. The van der Waals surface area contributed by atoms with Crippen LogP contribution in [0.3, 0.4) is 0 Å². The zero-order valence-electron chi connectivity index (χ0n) is 17.8. The summed E-state index contributed by atoms with van der Waals surface area (Å²) in [5.41, 5.74) is -0.279. The van der Waals surface area contributed by atoms with Crippen LogP contribution in [0.5, 0.6) is 0 Å². The van der Waals surface area contributed by atoms with Crippen LogP contribution in [-0.2, 0) is 30.5 Å². The summed E-state index contributed by atoms with van der Waals surface area (Å²) >= 11 is 0. The molecule has 0 unspecified atom stereocenters. The molecule has 0 saturated heterocycles. The Kier molecular flexibility index (Phi) is 7.93. The lowest BCUT2D eigenvalue weighted by molar-refractivity contribution is -0.155. The zero-order chi connectivity index (χ0) is 22.3. The van der Waals surface area contributed by atoms with E-state index in [-0.39, 0.29) is 11.8 Å². The van der Waals surface area contributed by atoms with Gasteiger partial charge in [0.1, 0.15) is 17.6 Å². The number of carbonyl (C=O) groups is 4. The minimum absolute atomic E-state index is 0.305. The molecule has 4 N–H and O–H groups in total. The fourth-order valence-electron chi connectivity index (χ4n) is 3.33. The molecule has 0 aliphatic heterocycles. The second-order valence-corrected chi connectivity index (χ2v) is 7.52. The minimum Gasteiger partial charge on any atom is -0.371 e. The smallest absolute Gasteiger partial charge is 0.249 e. The van der Waals surface area contributed by atoms with E-state index in [0.29, 0.717) is 19.4 Å². The van der Waals surface area contributed by atoms with Gasteiger partial charge >= 0.3 is 0 Å². The number of nitrogens with one attached hydrogen (secondary N) is 4. The number of hydrogen-bond acceptors (Lipinski definition) is 5. The van der Waals surface area contributed by atoms with Gasteiger partial charge < -0.3 is 26.0 Å². The lowest BCUT2D eigenvalue weighted by Crippen LogP contribution is -2.72. The number of carbonyl (C=O) groups excluding carboxylic acids is 4. The molecule has 30 heavy (non-hydrogen) atoms. The van der Waals surface area contributed by atoms with E-state index in [1.165, 1.54) is 20.9 Å². The Morgan fingerprint density at radius 1 is 1.07 bits per heavy atom. The van der Waals surface area contributed by atoms with Crippen molar-refractivity contribution in [2.75, 3.05) is 7.05 Å². The van der Waals surface area contributed by atoms with Gasteiger partial charge in [-0.15, -0.1) is 0 Å². The topological polar surface area (TPSA) is 126 Å². The second-order valence-electron chi connectivity index (χ2n) is 7.52. The Hall–Kier alpha value is -2.94. The third-order valence-electron chi connectivity index (χ3n) is 5.19. The molecule has 1 aromatic rings. The Labute approximate surface area is 176 Å². The molecule has 0 aromatic heterocycles. The SMILES string of the molecule is CNC(=O)[C@H](C)NC(=O)[C@H](C)NC(=O)[C@@]1(NC(C)=O)CC[C@H]1OCc1ccccc1. The predicted molar refractivity (Wildman–Crippen MR) is 110 cm³/mol. The van der Waals surface area contributed by atoms with Crippen molar-refractivity contribution in [3.8, 4) is 0 Å². The molecule has 0 bridgehead atoms. The van der Waals surface area contributed by atoms with E-state index < -0.39 is 35.5 Å². The van der Waals surface area contributed by atoms with Crippen molar-refractivity contribution in [1.29, 1.82) is 0 Å². The molecule has 1 aliphatic rings. The van der Waals surface area contributed by atoms with Crippen LogP contribution in [0.15, 0.2) is 30.3 Å². The summed E-state index contributed by atoms with van der Waals surface area (Å²) in [5, 5.41) is 10.3. The Balaban J connectivity index is 2.03. The summed E-state index contributed by atoms with van der Waals surface area (Å²) in [7, 11) is 1.47. The van der Waals surface area contributed by atoms with Gasteiger partial charge in [-0.1, -0.05) is 30.3 Å². The van der Waals surface area contributed by atoms with Gasteiger partial charge in [0.05, 0.1) is 12.7 Å². The van der Waals surface area contributed by atoms with Crippen LogP contribution in [-0.4, -0.2) is 54.4 Å². The quantitative estimate of drug-likeness (QED) is 0.449. The van der Waals surface area contributed by atoms with Crippen molar-refractivity contribution in [2.24, 2.45) is 0 Å². The van der Waals surface area contributed by atoms with E-state index in [0.717, 1.165) is 5.56 Å². The fourth-order valence-corrected chi connectivity index (χ4v) is 3.33. The lowest BCUT2D eigenvalue weighted by atomic mass is 9.72. The zero-order valence-corrected chi connectivity index (χ0v) is 17.8. The Morgan fingerprint density at radius 2 is 1.70 bits per heavy atom. The van der Waals surface area contributed by atoms with Crippen LogP contribution < -0.4 is 21.3 Å². The maximum Gasteiger partial charge on any atom is 0.249 e. The summed E-state index contributed by atoms with van der Waals surface area (Å²) in [6.45, 7) is 4.70. The maximum absolute atomic E-state index is 13.0. The molecule has 4 amide bonds. The molecule has 1 fully saturated rings. The van der Waals surface area contributed by atoms with Gasteiger partial charge in [-0.3, -0.25) is 19.2 Å². The highest BCUT2D eigenvalue weighted by Crippen LogP contribution is 2.36. The summed E-state index contributed by atoms with van der Waals surface area (Å²) in [6, 6.07) is 7.89. The number of ether oxygens (including phenoxy) is 1. The average Bonchev–Trinajstić information content (AvgIpc) is 2.70. The van der Waals surface area contributed by atoms with Crippen molar-refractivity contribution in [3.63, 3.8) is 0 Å². The van der Waals surface area contributed by atoms with Gasteiger partial charge in [0, 0.05) is 14.0 Å². The van der Waals surface area contributed by atoms with Crippen molar-refractivity contribution in [1.82, 2.24) is 21.3 Å². The van der Waals surface area contributed by atoms with Crippen molar-refractivity contribution < 1.29 is 23.9 Å². The van der Waals surface area contributed by atoms with E-state index >= 15 is 0 Å². The summed E-state index contributed by atoms with van der Waals surface area (Å²) in [5.74, 6) is -1.69. The van der Waals surface area contributed by atoms with Crippen LogP contribution in [0, 0.1) is 0 Å². The van der Waals surface area contributed by atoms with Crippen molar-refractivity contribution in [3.05, 3.63) is 35.9 Å². The average molecular weight is 418 g/mol. The standard InChI is InChI=1S/C21H30N4O5/c1-13(18(27)22-4)23-19(28)14(2)24-20(29)21(25-15(3)26)11-10-17(21)30-12-16-8-6-5-7-9-16/h5-9,13-14,17H,10-12H2,1-4H3,(H,22,27)(H,23,28)(H,24,29)(H,25,26)/t13-,14-,17+,21+/m0/s1. The van der Waals surface area contributed by atoms with E-state index in [2.05, 4.69) is 21.3 Å². The molecular weight excluding hydrogens is 388 g/mol. The van der Waals surface area contributed by atoms with Gasteiger partial charge in [0.2, 0.25) is 23.6 Å². The van der Waals surface area contributed by atoms with Gasteiger partial charge in [0.15, 0.2) is 0 Å². The minimum atomic E-state index is -1.23. The molecular formula is C21H30N4O5. The van der Waals surface area contributed by atoms with Gasteiger partial charge in [-0.2, -0.15) is 0 Å². The number of likely N-dealkylation sites (N-methyl/N-ethyl adjacent to an activating group) is 1. The van der Waals surface area contributed by atoms with Crippen molar-refractivity contribution >= 4 is 23.6 Å². The maximum atomic E-state index is 13.0. The number of amides is 4. The summed E-state index contributed by atoms with van der Waals surface area (Å²) in [4.78, 5) is 48.7. The Morgan fingerprint density at radius 3 is 2.23 bits per heavy atom. The van der Waals surface area contributed by atoms with E-state index in [4.69, 9.17) is 4.74 Å². The van der Waals surface area contributed by atoms with Crippen LogP contribution in [0.25, 0.3) is 0 Å². The van der Waals surface area contributed by atoms with Crippen LogP contribution in [0.4, 0.5) is 0 Å². The molecule has 0 heterocycles. The monoisotopic (exact) mass is 418 g/mol. The summed E-state index contributed by atoms with van der Waals surface area (Å²) in [6.07, 6.45) is 0.497. The summed E-state index contributed by atoms with van der Waals surface area (Å²) < 4.78 is 5.93. The molecule has 4 atom stereocenters. The highest BCUT2D eigenvalue weighted by atomic mass is 16.5. The van der Waals surface area contributed by atoms with Gasteiger partial charge in [-0.25, -0.2) is 0 Å². The third kappa shape index (κ3) is 5.56. The lowest BCUT2D eigenvalue weighted by Gasteiger charge is -2.48. The molecule has 0 spiro atoms. The van der Waals surface area contributed by atoms with Crippen molar-refractivity contribution in [2.45, 2.75) is 63.9 Å². The molecule has 164 valence electrons. The largest absolute Gasteiger partial charge is 0.371 e. The fraction of sp³-hybridized carbons (Fsp3) is 0.524. The molecule has 9 nitrogen and oxygen atoms in total. The third-order valence-corrected chi connectivity index (χ3v) is 5.19. The second kappa shape index (κ2) is 10.2. The number of rotatable bonds is 9. The van der Waals surface area contributed by atoms with Gasteiger partial charge in [0.25, 0.3) is 0 Å². The first-order valence-electron chi connectivity index (χ1n) is 9.96. The number of hydrogen-bond donors (Lipinski definition) is 4. The highest BCUT2D eigenvalue weighted by molar-refractivity contribution is 5.96. The normalized spacial score (nSPS) is 22.1. The Bertz CT molecular complexity index is 785. The van der Waals surface area contributed by atoms with Crippen LogP contribution in [0.1, 0.15) is 39.2 Å². The highest BCUT2D eigenvalue weighted by Gasteiger charge is 2.54. The van der Waals surface area contributed by atoms with Gasteiger partial charge in [-0.05, 0) is 32.3 Å². The number of benzene rings is 1. The molecule has 0 radical (unpaired) electrons. The molecule has 1 saturated carbocycles. The first-order valence-corrected chi connectivity index (χ1v) is 9.96. The first-order chi connectivity index (χ1) is 14.2. The molecule has 1 aliphatic carbocycles. The predicted octanol–water partition coefficient (Wildman–Crippen LogP) is -0.00410. The van der Waals surface area contributed by atoms with E-state index in [1.54, 1.807) is 6.92 Å². The molecule has 1 aromatic carbocycles.